The maximum atomic E-state index is 13.6. The van der Waals surface area contributed by atoms with Crippen molar-refractivity contribution in [2.45, 2.75) is 106 Å². The Morgan fingerprint density at radius 2 is 0.755 bits per heavy atom. The van der Waals surface area contributed by atoms with Crippen LogP contribution in [0, 0.1) is 11.3 Å². The zero-order valence-electron chi connectivity index (χ0n) is 77.4. The van der Waals surface area contributed by atoms with Crippen LogP contribution in [0.4, 0.5) is 13.2 Å². The van der Waals surface area contributed by atoms with Crippen molar-refractivity contribution in [1.82, 2.24) is 72.9 Å². The normalized spacial score (nSPS) is 18.1. The number of nitriles is 1. The molecule has 4 saturated heterocycles. The molecular weight excluding hydrogens is 1830 g/mol. The van der Waals surface area contributed by atoms with E-state index in [1.165, 1.54) is 23.2 Å². The number of fused-ring (bicyclic) bond motifs is 12. The molecule has 0 bridgehead atoms. The first-order valence-electron chi connectivity index (χ1n) is 46.9. The minimum atomic E-state index is -4.44. The molecule has 0 saturated carbocycles. The van der Waals surface area contributed by atoms with Gasteiger partial charge in [-0.05, 0) is 196 Å². The Morgan fingerprint density at radius 1 is 0.378 bits per heavy atom. The standard InChI is InChI=1S/C29H23N5O3.C29H26N4O4.C27H24N4O3.C25H22F3N3O4/c30-14-21-6-5-19(15-32-21)25-12-18(7-9-31-25)11-20-13-24-28(23-4-2-1-3-22(20)23)33-17-34(29(24)36)26-8-10-37-16-27(26)35;1-36-27-9-7-19(15-31-27)24-8-6-18(14-30-24)12-20-13-23-28(22-5-3-2-4-21(20)22)32-17-33(29(23)35)25-10-11-37-16-26(25)34;32-25-16-34-13-10-24(25)30-17-28-26-22-5-2-1-4-21(22)19(15-23(26)27(30)33)14-18-6-8-20(9-7-18)31-12-3-11-29-31;26-25(27,28)13-35-22-6-5-15(11-29-22)9-16-10-19-23(18-4-2-1-3-17(16)18)30-14-31(24(19)33)20-7-8-34-12-21(20)32/h1-7,9,12-13,15,17,26-27,35H,8,10-11,16H2;2-9,13-15,17,25-26,34H,10-12,16H2,1H3;1-9,11-12,15,17,24-25,32H,10,13-14,16H2;1-6,10-11,14,20-21,32H,7-9,12-13H2/t26-,27-;25-,26-;24-,25-;20-,21-/m0000/s1. The van der Waals surface area contributed by atoms with Gasteiger partial charge in [-0.1, -0.05) is 121 Å². The molecule has 14 heterocycles. The molecule has 4 aliphatic heterocycles. The molecule has 0 amide bonds. The van der Waals surface area contributed by atoms with Crippen LogP contribution in [0.2, 0.25) is 0 Å². The zero-order chi connectivity index (χ0) is 98.4. The van der Waals surface area contributed by atoms with Crippen molar-refractivity contribution in [3.63, 3.8) is 0 Å². The minimum Gasteiger partial charge on any atom is -0.481 e. The van der Waals surface area contributed by atoms with E-state index in [4.69, 9.17) is 28.9 Å². The van der Waals surface area contributed by atoms with Crippen molar-refractivity contribution < 1.29 is 62.0 Å². The highest BCUT2D eigenvalue weighted by atomic mass is 19.4. The van der Waals surface area contributed by atoms with E-state index in [1.807, 2.05) is 187 Å². The van der Waals surface area contributed by atoms with E-state index in [1.54, 1.807) is 82.8 Å². The van der Waals surface area contributed by atoms with Gasteiger partial charge in [0.25, 0.3) is 22.2 Å². The Kier molecular flexibility index (Phi) is 27.7. The summed E-state index contributed by atoms with van der Waals surface area (Å²) >= 11 is 0. The average Bonchev–Trinajstić information content (AvgIpc) is 0.952. The van der Waals surface area contributed by atoms with Crippen LogP contribution >= 0.6 is 0 Å². The first-order chi connectivity index (χ1) is 69.7. The molecule has 9 aromatic carbocycles. The molecule has 33 heteroatoms. The van der Waals surface area contributed by atoms with Crippen LogP contribution in [0.1, 0.15) is 100 Å². The topological polar surface area (TPSA) is 382 Å². The highest BCUT2D eigenvalue weighted by molar-refractivity contribution is 6.10. The molecule has 0 aliphatic carbocycles. The van der Waals surface area contributed by atoms with Crippen molar-refractivity contribution in [2.75, 3.05) is 66.6 Å². The number of nitrogens with zero attached hydrogens (tertiary/aromatic N) is 16. The number of aliphatic hydroxyl groups excluding tert-OH is 4. The van der Waals surface area contributed by atoms with Gasteiger partial charge in [-0.2, -0.15) is 23.5 Å². The van der Waals surface area contributed by atoms with Gasteiger partial charge in [-0.3, -0.25) is 47.4 Å². The minimum absolute atomic E-state index is 0.114. The van der Waals surface area contributed by atoms with Gasteiger partial charge in [0, 0.05) is 115 Å². The number of benzene rings is 9. The quantitative estimate of drug-likeness (QED) is 0.0580. The third kappa shape index (κ3) is 20.3. The molecular formula is C110H95F3N16O14. The molecule has 30 nitrogen and oxygen atoms in total. The summed E-state index contributed by atoms with van der Waals surface area (Å²) < 4.78 is 76.3. The third-order valence-corrected chi connectivity index (χ3v) is 26.6. The molecule has 23 rings (SSSR count). The molecule has 143 heavy (non-hydrogen) atoms. The van der Waals surface area contributed by atoms with Crippen LogP contribution in [0.15, 0.2) is 300 Å². The number of halogens is 3. The summed E-state index contributed by atoms with van der Waals surface area (Å²) in [6, 6.07) is 68.3. The van der Waals surface area contributed by atoms with Crippen molar-refractivity contribution in [1.29, 1.82) is 5.26 Å². The Bertz CT molecular complexity index is 8220. The molecule has 19 aromatic rings. The van der Waals surface area contributed by atoms with Crippen molar-refractivity contribution >= 4 is 86.7 Å². The fourth-order valence-electron chi connectivity index (χ4n) is 19.4. The van der Waals surface area contributed by atoms with Gasteiger partial charge in [0.05, 0.1) is 168 Å². The lowest BCUT2D eigenvalue weighted by Gasteiger charge is -2.29. The van der Waals surface area contributed by atoms with Crippen molar-refractivity contribution in [3.8, 4) is 46.0 Å². The number of aliphatic hydroxyl groups is 4. The number of pyridine rings is 5. The average molecular weight is 1920 g/mol. The van der Waals surface area contributed by atoms with E-state index in [0.29, 0.717) is 133 Å². The summed E-state index contributed by atoms with van der Waals surface area (Å²) in [6.07, 6.45) is 15.3. The lowest BCUT2D eigenvalue weighted by atomic mass is 9.95. The summed E-state index contributed by atoms with van der Waals surface area (Å²) in [5, 5.41) is 64.7. The fourth-order valence-corrected chi connectivity index (χ4v) is 19.4. The Balaban J connectivity index is 0.000000117. The number of aromatic nitrogens is 15. The first-order valence-corrected chi connectivity index (χ1v) is 46.9. The lowest BCUT2D eigenvalue weighted by molar-refractivity contribution is -0.154. The first kappa shape index (κ1) is 94.7. The molecule has 4 aliphatic rings. The van der Waals surface area contributed by atoms with E-state index in [9.17, 15) is 52.8 Å². The molecule has 0 spiro atoms. The van der Waals surface area contributed by atoms with Crippen LogP contribution in [0.25, 0.3) is 115 Å². The van der Waals surface area contributed by atoms with Gasteiger partial charge in [0.2, 0.25) is 11.8 Å². The van der Waals surface area contributed by atoms with Crippen LogP contribution < -0.4 is 31.7 Å². The van der Waals surface area contributed by atoms with Crippen molar-refractivity contribution in [3.05, 3.63) is 373 Å². The van der Waals surface area contributed by atoms with Crippen LogP contribution in [-0.4, -0.2) is 190 Å². The summed E-state index contributed by atoms with van der Waals surface area (Å²) in [7, 11) is 1.59. The van der Waals surface area contributed by atoms with Gasteiger partial charge in [0.1, 0.15) is 11.8 Å². The number of methoxy groups -OCH3 is 1. The predicted molar refractivity (Wildman–Crippen MR) is 533 cm³/mol. The zero-order valence-corrected chi connectivity index (χ0v) is 77.4. The van der Waals surface area contributed by atoms with Gasteiger partial charge >= 0.3 is 6.18 Å². The van der Waals surface area contributed by atoms with Gasteiger partial charge < -0.3 is 48.8 Å². The number of alkyl halides is 3. The fraction of sp³-hybridized carbons (Fsp3) is 0.245. The second-order valence-electron chi connectivity index (χ2n) is 35.7. The molecule has 0 radical (unpaired) electrons. The highest BCUT2D eigenvalue weighted by Gasteiger charge is 2.34. The molecule has 10 aromatic heterocycles. The molecule has 4 N–H and O–H groups in total. The number of ether oxygens (including phenoxy) is 6. The predicted octanol–water partition coefficient (Wildman–Crippen LogP) is 15.2. The van der Waals surface area contributed by atoms with Crippen LogP contribution in [0.3, 0.4) is 0 Å². The Hall–Kier alpha value is -15.9. The third-order valence-electron chi connectivity index (χ3n) is 26.6. The SMILES string of the molecule is COc1ccc(-c2ccc(Cc3cc4c(=O)n([C@H]5CCOC[C@@H]5O)cnc4c4ccccc34)cn2)cn1.N#Cc1ccc(-c2cc(Cc3cc4c(=O)n([C@H]5CCOC[C@@H]5O)cnc4c4ccccc34)ccn2)cn1.O=c1c2cc(Cc3ccc(-n4cccn4)cc3)c3ccccc3c2ncn1[C@H]1CCOC[C@@H]1O.O=c1c2cc(Cc3ccc(OCC(F)(F)F)nc3)c3ccccc3c2ncn1[C@H]1CCOC[C@@H]1O. The number of hydrogen-bond donors (Lipinski definition) is 4. The largest absolute Gasteiger partial charge is 0.481 e. The molecule has 8 atom stereocenters. The van der Waals surface area contributed by atoms with Gasteiger partial charge in [-0.25, -0.2) is 39.6 Å². The Labute approximate surface area is 813 Å². The highest BCUT2D eigenvalue weighted by Crippen LogP contribution is 2.37. The summed E-state index contributed by atoms with van der Waals surface area (Å²) in [6.45, 7) is 1.37. The van der Waals surface area contributed by atoms with Gasteiger partial charge in [0.15, 0.2) is 6.61 Å². The monoisotopic (exact) mass is 1920 g/mol. The summed E-state index contributed by atoms with van der Waals surface area (Å²) in [5.74, 6) is 0.444. The van der Waals surface area contributed by atoms with Crippen LogP contribution in [-0.2, 0) is 44.6 Å². The smallest absolute Gasteiger partial charge is 0.422 e. The van der Waals surface area contributed by atoms with E-state index >= 15 is 0 Å². The number of rotatable bonds is 18. The van der Waals surface area contributed by atoms with E-state index in [2.05, 4.69) is 79.0 Å². The lowest BCUT2D eigenvalue weighted by Crippen LogP contribution is -2.39. The maximum absolute atomic E-state index is 13.6. The maximum Gasteiger partial charge on any atom is 0.422 e. The second-order valence-corrected chi connectivity index (χ2v) is 35.7. The van der Waals surface area contributed by atoms with Crippen LogP contribution in [0.5, 0.6) is 11.8 Å². The van der Waals surface area contributed by atoms with E-state index < -0.39 is 43.2 Å². The number of hydrogen-bond acceptors (Lipinski definition) is 25. The van der Waals surface area contributed by atoms with Crippen molar-refractivity contribution in [2.24, 2.45) is 0 Å². The second kappa shape index (κ2) is 41.9. The van der Waals surface area contributed by atoms with Gasteiger partial charge in [-0.15, -0.1) is 0 Å². The van der Waals surface area contributed by atoms with E-state index in [-0.39, 0.29) is 72.7 Å². The Morgan fingerprint density at radius 3 is 1.11 bits per heavy atom. The summed E-state index contributed by atoms with van der Waals surface area (Å²) in [5.41, 5.74) is 14.5. The molecule has 720 valence electrons. The van der Waals surface area contributed by atoms with E-state index in [0.717, 1.165) is 116 Å². The summed E-state index contributed by atoms with van der Waals surface area (Å²) in [4.78, 5) is 94.4. The molecule has 4 fully saturated rings. The molecule has 0 unspecified atom stereocenters.